The Morgan fingerprint density at radius 3 is 2.00 bits per heavy atom. The summed E-state index contributed by atoms with van der Waals surface area (Å²) in [5.41, 5.74) is 6.91. The van der Waals surface area contributed by atoms with E-state index < -0.39 is 0 Å². The number of fused-ring (bicyclic) bond motifs is 1. The molecule has 0 saturated carbocycles. The van der Waals surface area contributed by atoms with Crippen LogP contribution in [-0.2, 0) is 13.1 Å². The van der Waals surface area contributed by atoms with E-state index in [0.717, 1.165) is 40.0 Å². The first kappa shape index (κ1) is 21.9. The lowest BCUT2D eigenvalue weighted by atomic mass is 9.99. The SMILES string of the molecule is CN(C)CCn1cnc2c(c(-c3ccccc3)c(-c3ccccc3)n2Cc2ccccc2)c1=N. The van der Waals surface area contributed by atoms with E-state index >= 15 is 0 Å². The average Bonchev–Trinajstić information content (AvgIpc) is 3.20. The van der Waals surface area contributed by atoms with Crippen LogP contribution in [0.4, 0.5) is 0 Å². The van der Waals surface area contributed by atoms with Gasteiger partial charge in [0.15, 0.2) is 0 Å². The predicted molar refractivity (Wildman–Crippen MR) is 139 cm³/mol. The zero-order valence-corrected chi connectivity index (χ0v) is 19.6. The summed E-state index contributed by atoms with van der Waals surface area (Å²) in [5, 5.41) is 10.1. The normalized spacial score (nSPS) is 11.4. The molecular weight excluding hydrogens is 418 g/mol. The minimum atomic E-state index is 0.495. The van der Waals surface area contributed by atoms with Gasteiger partial charge in [-0.25, -0.2) is 4.98 Å². The van der Waals surface area contributed by atoms with Crippen LogP contribution >= 0.6 is 0 Å². The summed E-state index contributed by atoms with van der Waals surface area (Å²) in [7, 11) is 4.10. The summed E-state index contributed by atoms with van der Waals surface area (Å²) in [6.07, 6.45) is 1.82. The number of aromatic nitrogens is 3. The molecule has 0 fully saturated rings. The first-order valence-electron chi connectivity index (χ1n) is 11.6. The number of rotatable bonds is 7. The summed E-state index contributed by atoms with van der Waals surface area (Å²) < 4.78 is 4.23. The molecule has 0 bridgehead atoms. The lowest BCUT2D eigenvalue weighted by molar-refractivity contribution is 0.379. The zero-order valence-electron chi connectivity index (χ0n) is 19.6. The molecule has 0 amide bonds. The Kier molecular flexibility index (Phi) is 6.11. The van der Waals surface area contributed by atoms with E-state index in [0.29, 0.717) is 18.6 Å². The molecule has 0 radical (unpaired) electrons. The Hall–Kier alpha value is -3.96. The van der Waals surface area contributed by atoms with Gasteiger partial charge < -0.3 is 14.0 Å². The Labute approximate surface area is 200 Å². The smallest absolute Gasteiger partial charge is 0.146 e. The molecule has 5 rings (SSSR count). The molecule has 0 aliphatic carbocycles. The molecule has 5 nitrogen and oxygen atoms in total. The van der Waals surface area contributed by atoms with Gasteiger partial charge in [0, 0.05) is 25.2 Å². The summed E-state index contributed by atoms with van der Waals surface area (Å²) in [4.78, 5) is 7.07. The van der Waals surface area contributed by atoms with Crippen molar-refractivity contribution in [3.8, 4) is 22.4 Å². The van der Waals surface area contributed by atoms with Gasteiger partial charge in [-0.05, 0) is 30.8 Å². The lowest BCUT2D eigenvalue weighted by Crippen LogP contribution is -2.27. The van der Waals surface area contributed by atoms with Crippen LogP contribution in [0.15, 0.2) is 97.3 Å². The third-order valence-corrected chi connectivity index (χ3v) is 6.16. The maximum absolute atomic E-state index is 9.22. The van der Waals surface area contributed by atoms with Gasteiger partial charge in [-0.15, -0.1) is 0 Å². The Balaban J connectivity index is 1.85. The van der Waals surface area contributed by atoms with Crippen LogP contribution < -0.4 is 5.49 Å². The van der Waals surface area contributed by atoms with Gasteiger partial charge in [0.1, 0.15) is 11.1 Å². The lowest BCUT2D eigenvalue weighted by Gasteiger charge is -2.13. The fourth-order valence-corrected chi connectivity index (χ4v) is 4.47. The van der Waals surface area contributed by atoms with Crippen molar-refractivity contribution in [2.24, 2.45) is 0 Å². The maximum Gasteiger partial charge on any atom is 0.146 e. The second-order valence-corrected chi connectivity index (χ2v) is 8.82. The number of nitrogens with zero attached hydrogens (tertiary/aromatic N) is 4. The first-order valence-corrected chi connectivity index (χ1v) is 11.6. The zero-order chi connectivity index (χ0) is 23.5. The van der Waals surface area contributed by atoms with E-state index in [1.807, 2.05) is 29.1 Å². The van der Waals surface area contributed by atoms with Crippen LogP contribution in [0.2, 0.25) is 0 Å². The molecule has 0 spiro atoms. The van der Waals surface area contributed by atoms with Gasteiger partial charge in [-0.2, -0.15) is 0 Å². The number of likely N-dealkylation sites (N-methyl/N-ethyl adjacent to an activating group) is 1. The highest BCUT2D eigenvalue weighted by molar-refractivity contribution is 6.02. The highest BCUT2D eigenvalue weighted by Gasteiger charge is 2.23. The number of benzene rings is 3. The number of nitrogens with one attached hydrogen (secondary N) is 1. The van der Waals surface area contributed by atoms with E-state index in [9.17, 15) is 5.41 Å². The third kappa shape index (κ3) is 4.18. The van der Waals surface area contributed by atoms with Crippen molar-refractivity contribution in [1.29, 1.82) is 5.41 Å². The Morgan fingerprint density at radius 1 is 0.794 bits per heavy atom. The van der Waals surface area contributed by atoms with Crippen molar-refractivity contribution in [3.63, 3.8) is 0 Å². The summed E-state index contributed by atoms with van der Waals surface area (Å²) in [6, 6.07) is 31.4. The second-order valence-electron chi connectivity index (χ2n) is 8.82. The molecule has 0 aliphatic heterocycles. The van der Waals surface area contributed by atoms with Crippen molar-refractivity contribution in [3.05, 3.63) is 108 Å². The van der Waals surface area contributed by atoms with Crippen LogP contribution in [-0.4, -0.2) is 39.7 Å². The van der Waals surface area contributed by atoms with Gasteiger partial charge in [0.05, 0.1) is 17.4 Å². The van der Waals surface area contributed by atoms with Crippen LogP contribution in [0, 0.1) is 5.41 Å². The fraction of sp³-hybridized carbons (Fsp3) is 0.172. The van der Waals surface area contributed by atoms with Crippen molar-refractivity contribution in [1.82, 2.24) is 19.0 Å². The third-order valence-electron chi connectivity index (χ3n) is 6.16. The molecular formula is C29H29N5. The van der Waals surface area contributed by atoms with Gasteiger partial charge in [0.25, 0.3) is 0 Å². The van der Waals surface area contributed by atoms with E-state index in [1.54, 1.807) is 0 Å². The van der Waals surface area contributed by atoms with Gasteiger partial charge in [-0.1, -0.05) is 91.0 Å². The quantitative estimate of drug-likeness (QED) is 0.370. The molecule has 34 heavy (non-hydrogen) atoms. The number of hydrogen-bond acceptors (Lipinski definition) is 3. The van der Waals surface area contributed by atoms with Crippen molar-refractivity contribution in [2.75, 3.05) is 20.6 Å². The second kappa shape index (κ2) is 9.49. The molecule has 5 aromatic rings. The minimum absolute atomic E-state index is 0.495. The van der Waals surface area contributed by atoms with Crippen LogP contribution in [0.1, 0.15) is 5.56 Å². The van der Waals surface area contributed by atoms with Gasteiger partial charge in [0.2, 0.25) is 0 Å². The summed E-state index contributed by atoms with van der Waals surface area (Å²) >= 11 is 0. The molecule has 3 aromatic carbocycles. The fourth-order valence-electron chi connectivity index (χ4n) is 4.47. The summed E-state index contributed by atoms with van der Waals surface area (Å²) in [6.45, 7) is 2.25. The average molecular weight is 448 g/mol. The topological polar surface area (TPSA) is 49.8 Å². The maximum atomic E-state index is 9.22. The van der Waals surface area contributed by atoms with Crippen LogP contribution in [0.3, 0.4) is 0 Å². The monoisotopic (exact) mass is 447 g/mol. The van der Waals surface area contributed by atoms with E-state index in [2.05, 4.69) is 96.4 Å². The standard InChI is InChI=1S/C29H29N5/c1-32(2)18-19-33-21-31-29-26(28(33)30)25(23-14-8-4-9-15-23)27(24-16-10-5-11-17-24)34(29)20-22-12-6-3-7-13-22/h3-17,21,30H,18-20H2,1-2H3. The van der Waals surface area contributed by atoms with Crippen molar-refractivity contribution >= 4 is 11.0 Å². The van der Waals surface area contributed by atoms with Gasteiger partial charge >= 0.3 is 0 Å². The molecule has 2 heterocycles. The molecule has 0 unspecified atom stereocenters. The number of hydrogen-bond donors (Lipinski definition) is 1. The molecule has 0 atom stereocenters. The van der Waals surface area contributed by atoms with E-state index in [1.165, 1.54) is 5.56 Å². The molecule has 0 saturated heterocycles. The highest BCUT2D eigenvalue weighted by Crippen LogP contribution is 2.39. The summed E-state index contributed by atoms with van der Waals surface area (Å²) in [5.74, 6) is 0. The van der Waals surface area contributed by atoms with Crippen molar-refractivity contribution in [2.45, 2.75) is 13.1 Å². The highest BCUT2D eigenvalue weighted by atomic mass is 15.1. The predicted octanol–water partition coefficient (Wildman–Crippen LogP) is 5.26. The van der Waals surface area contributed by atoms with Crippen LogP contribution in [0.25, 0.3) is 33.4 Å². The Morgan fingerprint density at radius 2 is 1.38 bits per heavy atom. The minimum Gasteiger partial charge on any atom is -0.320 e. The van der Waals surface area contributed by atoms with Crippen LogP contribution in [0.5, 0.6) is 0 Å². The molecule has 2 aromatic heterocycles. The van der Waals surface area contributed by atoms with E-state index in [-0.39, 0.29) is 0 Å². The van der Waals surface area contributed by atoms with Gasteiger partial charge in [-0.3, -0.25) is 5.41 Å². The first-order chi connectivity index (χ1) is 16.6. The van der Waals surface area contributed by atoms with E-state index in [4.69, 9.17) is 4.98 Å². The Bertz CT molecular complexity index is 1450. The molecule has 170 valence electrons. The molecule has 5 heteroatoms. The molecule has 1 N–H and O–H groups in total. The molecule has 0 aliphatic rings. The largest absolute Gasteiger partial charge is 0.320 e. The van der Waals surface area contributed by atoms with Crippen molar-refractivity contribution < 1.29 is 0 Å².